The Morgan fingerprint density at radius 1 is 1.44 bits per heavy atom. The molecule has 1 unspecified atom stereocenters. The van der Waals surface area contributed by atoms with Gasteiger partial charge in [0.1, 0.15) is 0 Å². The number of aliphatic hydroxyl groups excluding tert-OH is 1. The number of amides is 1. The van der Waals surface area contributed by atoms with E-state index in [0.29, 0.717) is 0 Å². The van der Waals surface area contributed by atoms with Gasteiger partial charge in [-0.2, -0.15) is 0 Å². The third-order valence-corrected chi connectivity index (χ3v) is 2.28. The van der Waals surface area contributed by atoms with Crippen molar-refractivity contribution in [3.8, 4) is 0 Å². The molecule has 1 rings (SSSR count). The van der Waals surface area contributed by atoms with Gasteiger partial charge in [0.2, 0.25) is 5.91 Å². The standard InChI is InChI=1S/C12H18N2O2/c1-12(2,13)11(16)14-10(8-15)9-6-4-3-5-7-9/h3-7,10,15H,8,13H2,1-2H3,(H,14,16). The van der Waals surface area contributed by atoms with E-state index < -0.39 is 11.6 Å². The molecule has 0 radical (unpaired) electrons. The first kappa shape index (κ1) is 12.7. The van der Waals surface area contributed by atoms with Crippen LogP contribution in [0.25, 0.3) is 0 Å². The maximum absolute atomic E-state index is 11.7. The van der Waals surface area contributed by atoms with Crippen LogP contribution in [0, 0.1) is 0 Å². The van der Waals surface area contributed by atoms with Gasteiger partial charge in [-0.3, -0.25) is 4.79 Å². The Balaban J connectivity index is 2.75. The predicted molar refractivity (Wildman–Crippen MR) is 62.7 cm³/mol. The summed E-state index contributed by atoms with van der Waals surface area (Å²) in [5.41, 5.74) is 5.59. The Bertz CT molecular complexity index is 344. The van der Waals surface area contributed by atoms with Gasteiger partial charge in [0.05, 0.1) is 18.2 Å². The number of benzene rings is 1. The average molecular weight is 222 g/mol. The second kappa shape index (κ2) is 5.09. The first-order chi connectivity index (χ1) is 7.45. The highest BCUT2D eigenvalue weighted by atomic mass is 16.3. The molecule has 0 bridgehead atoms. The van der Waals surface area contributed by atoms with Crippen molar-refractivity contribution >= 4 is 5.91 Å². The van der Waals surface area contributed by atoms with Gasteiger partial charge in [0.15, 0.2) is 0 Å². The minimum Gasteiger partial charge on any atom is -0.394 e. The molecule has 1 aromatic rings. The van der Waals surface area contributed by atoms with Crippen LogP contribution >= 0.6 is 0 Å². The summed E-state index contributed by atoms with van der Waals surface area (Å²) in [4.78, 5) is 11.7. The zero-order chi connectivity index (χ0) is 12.2. The summed E-state index contributed by atoms with van der Waals surface area (Å²) in [6, 6.07) is 8.90. The number of aliphatic hydroxyl groups is 1. The SMILES string of the molecule is CC(C)(N)C(=O)NC(CO)c1ccccc1. The molecule has 16 heavy (non-hydrogen) atoms. The van der Waals surface area contributed by atoms with Crippen molar-refractivity contribution in [1.29, 1.82) is 0 Å². The van der Waals surface area contributed by atoms with Gasteiger partial charge in [0, 0.05) is 0 Å². The van der Waals surface area contributed by atoms with Gasteiger partial charge in [-0.15, -0.1) is 0 Å². The van der Waals surface area contributed by atoms with Crippen LogP contribution in [-0.2, 0) is 4.79 Å². The van der Waals surface area contributed by atoms with E-state index in [1.165, 1.54) is 0 Å². The third kappa shape index (κ3) is 3.32. The molecule has 1 amide bonds. The highest BCUT2D eigenvalue weighted by Crippen LogP contribution is 2.12. The van der Waals surface area contributed by atoms with E-state index in [-0.39, 0.29) is 12.5 Å². The van der Waals surface area contributed by atoms with E-state index in [9.17, 15) is 9.90 Å². The van der Waals surface area contributed by atoms with E-state index in [1.54, 1.807) is 13.8 Å². The molecule has 0 saturated carbocycles. The molecule has 1 aromatic carbocycles. The fourth-order valence-corrected chi connectivity index (χ4v) is 1.26. The average Bonchev–Trinajstić information content (AvgIpc) is 2.25. The van der Waals surface area contributed by atoms with Crippen LogP contribution < -0.4 is 11.1 Å². The lowest BCUT2D eigenvalue weighted by molar-refractivity contribution is -0.126. The molecule has 4 heteroatoms. The van der Waals surface area contributed by atoms with Crippen LogP contribution in [0.5, 0.6) is 0 Å². The molecule has 0 aliphatic carbocycles. The second-order valence-electron chi connectivity index (χ2n) is 4.34. The summed E-state index contributed by atoms with van der Waals surface area (Å²) in [7, 11) is 0. The summed E-state index contributed by atoms with van der Waals surface area (Å²) < 4.78 is 0. The maximum Gasteiger partial charge on any atom is 0.240 e. The van der Waals surface area contributed by atoms with Crippen LogP contribution in [0.1, 0.15) is 25.5 Å². The fourth-order valence-electron chi connectivity index (χ4n) is 1.26. The first-order valence-electron chi connectivity index (χ1n) is 5.21. The van der Waals surface area contributed by atoms with Crippen LogP contribution in [0.2, 0.25) is 0 Å². The molecule has 88 valence electrons. The summed E-state index contributed by atoms with van der Waals surface area (Å²) in [6.07, 6.45) is 0. The second-order valence-corrected chi connectivity index (χ2v) is 4.34. The normalized spacial score (nSPS) is 13.2. The van der Waals surface area contributed by atoms with E-state index in [0.717, 1.165) is 5.56 Å². The number of hydrogen-bond donors (Lipinski definition) is 3. The van der Waals surface area contributed by atoms with Gasteiger partial charge in [-0.1, -0.05) is 30.3 Å². The molecule has 0 fully saturated rings. The summed E-state index contributed by atoms with van der Waals surface area (Å²) in [6.45, 7) is 3.11. The van der Waals surface area contributed by atoms with Crippen molar-refractivity contribution in [2.45, 2.75) is 25.4 Å². The number of carbonyl (C=O) groups is 1. The minimum absolute atomic E-state index is 0.147. The quantitative estimate of drug-likeness (QED) is 0.697. The van der Waals surface area contributed by atoms with Gasteiger partial charge in [-0.25, -0.2) is 0 Å². The molecule has 0 aliphatic rings. The molecule has 0 saturated heterocycles. The van der Waals surface area contributed by atoms with E-state index >= 15 is 0 Å². The highest BCUT2D eigenvalue weighted by molar-refractivity contribution is 5.85. The molecule has 4 nitrogen and oxygen atoms in total. The summed E-state index contributed by atoms with van der Waals surface area (Å²) in [5.74, 6) is -0.282. The van der Waals surface area contributed by atoms with Crippen molar-refractivity contribution in [3.05, 3.63) is 35.9 Å². The van der Waals surface area contributed by atoms with Crippen molar-refractivity contribution in [1.82, 2.24) is 5.32 Å². The number of rotatable bonds is 4. The summed E-state index contributed by atoms with van der Waals surface area (Å²) >= 11 is 0. The molecule has 1 atom stereocenters. The van der Waals surface area contributed by atoms with Gasteiger partial charge in [0.25, 0.3) is 0 Å². The van der Waals surface area contributed by atoms with Crippen LogP contribution in [-0.4, -0.2) is 23.2 Å². The molecular formula is C12H18N2O2. The first-order valence-corrected chi connectivity index (χ1v) is 5.21. The Morgan fingerprint density at radius 3 is 2.44 bits per heavy atom. The van der Waals surface area contributed by atoms with Crippen LogP contribution in [0.4, 0.5) is 0 Å². The predicted octanol–water partition coefficient (Wildman–Crippen LogP) is 0.573. The third-order valence-electron chi connectivity index (χ3n) is 2.28. The number of nitrogens with one attached hydrogen (secondary N) is 1. The van der Waals surface area contributed by atoms with Gasteiger partial charge >= 0.3 is 0 Å². The van der Waals surface area contributed by atoms with E-state index in [1.807, 2.05) is 30.3 Å². The van der Waals surface area contributed by atoms with Crippen molar-refractivity contribution in [2.24, 2.45) is 5.73 Å². The van der Waals surface area contributed by atoms with Gasteiger partial charge in [-0.05, 0) is 19.4 Å². The van der Waals surface area contributed by atoms with Crippen LogP contribution in [0.3, 0.4) is 0 Å². The van der Waals surface area contributed by atoms with Gasteiger partial charge < -0.3 is 16.2 Å². The molecule has 4 N–H and O–H groups in total. The lowest BCUT2D eigenvalue weighted by Crippen LogP contribution is -2.50. The lowest BCUT2D eigenvalue weighted by atomic mass is 10.0. The topological polar surface area (TPSA) is 75.4 Å². The van der Waals surface area contributed by atoms with E-state index in [4.69, 9.17) is 5.73 Å². The smallest absolute Gasteiger partial charge is 0.240 e. The van der Waals surface area contributed by atoms with E-state index in [2.05, 4.69) is 5.32 Å². The number of carbonyl (C=O) groups excluding carboxylic acids is 1. The highest BCUT2D eigenvalue weighted by Gasteiger charge is 2.24. The van der Waals surface area contributed by atoms with Crippen molar-refractivity contribution < 1.29 is 9.90 Å². The Morgan fingerprint density at radius 2 is 2.00 bits per heavy atom. The largest absolute Gasteiger partial charge is 0.394 e. The molecule has 0 aliphatic heterocycles. The monoisotopic (exact) mass is 222 g/mol. The number of hydrogen-bond acceptors (Lipinski definition) is 3. The molecule has 0 aromatic heterocycles. The zero-order valence-electron chi connectivity index (χ0n) is 9.60. The maximum atomic E-state index is 11.7. The Kier molecular flexibility index (Phi) is 4.04. The lowest BCUT2D eigenvalue weighted by Gasteiger charge is -2.23. The molecule has 0 spiro atoms. The Labute approximate surface area is 95.5 Å². The number of nitrogens with two attached hydrogens (primary N) is 1. The van der Waals surface area contributed by atoms with Crippen molar-refractivity contribution in [2.75, 3.05) is 6.61 Å². The molecule has 0 heterocycles. The summed E-state index contributed by atoms with van der Waals surface area (Å²) in [5, 5.41) is 11.9. The molecular weight excluding hydrogens is 204 g/mol. The Hall–Kier alpha value is -1.39. The zero-order valence-corrected chi connectivity index (χ0v) is 9.60. The van der Waals surface area contributed by atoms with Crippen LogP contribution in [0.15, 0.2) is 30.3 Å². The van der Waals surface area contributed by atoms with Crippen molar-refractivity contribution in [3.63, 3.8) is 0 Å². The fraction of sp³-hybridized carbons (Fsp3) is 0.417. The minimum atomic E-state index is -0.942.